The summed E-state index contributed by atoms with van der Waals surface area (Å²) in [5, 5.41) is 7.18. The van der Waals surface area contributed by atoms with Crippen molar-refractivity contribution in [2.45, 2.75) is 31.5 Å². The number of alkyl halides is 3. The lowest BCUT2D eigenvalue weighted by molar-refractivity contribution is -0.274. The second-order valence-electron chi connectivity index (χ2n) is 7.01. The van der Waals surface area contributed by atoms with E-state index in [1.54, 1.807) is 18.5 Å². The number of aryl methyl sites for hydroxylation is 1. The number of para-hydroxylation sites is 1. The molecule has 1 aromatic heterocycles. The summed E-state index contributed by atoms with van der Waals surface area (Å²) in [6.45, 7) is 3.34. The van der Waals surface area contributed by atoms with Gasteiger partial charge >= 0.3 is 6.36 Å². The van der Waals surface area contributed by atoms with Crippen LogP contribution in [0.5, 0.6) is 5.75 Å². The molecule has 2 aromatic carbocycles. The van der Waals surface area contributed by atoms with E-state index in [0.29, 0.717) is 17.1 Å². The molecule has 0 saturated heterocycles. The summed E-state index contributed by atoms with van der Waals surface area (Å²) in [7, 11) is -4.02. The van der Waals surface area contributed by atoms with Crippen molar-refractivity contribution in [3.63, 3.8) is 0 Å². The Bertz CT molecular complexity index is 1220. The summed E-state index contributed by atoms with van der Waals surface area (Å²) >= 11 is 0. The van der Waals surface area contributed by atoms with Crippen LogP contribution in [0.15, 0.2) is 59.5 Å². The van der Waals surface area contributed by atoms with Gasteiger partial charge in [0.05, 0.1) is 27.7 Å². The molecule has 33 heavy (non-hydrogen) atoms. The number of nitrogens with one attached hydrogen (secondary N) is 2. The monoisotopic (exact) mass is 482 g/mol. The van der Waals surface area contributed by atoms with Gasteiger partial charge in [0.25, 0.3) is 0 Å². The average Bonchev–Trinajstić information content (AvgIpc) is 3.02. The largest absolute Gasteiger partial charge is 0.573 e. The molecule has 0 unspecified atom stereocenters. The van der Waals surface area contributed by atoms with Gasteiger partial charge in [-0.25, -0.2) is 17.8 Å². The van der Waals surface area contributed by atoms with Gasteiger partial charge in [-0.2, -0.15) is 5.10 Å². The Morgan fingerprint density at radius 3 is 2.30 bits per heavy atom. The van der Waals surface area contributed by atoms with Crippen LogP contribution >= 0.6 is 0 Å². The quantitative estimate of drug-likeness (QED) is 0.510. The molecule has 0 aliphatic carbocycles. The molecule has 3 rings (SSSR count). The lowest BCUT2D eigenvalue weighted by atomic mass is 10.2. The first-order valence-electron chi connectivity index (χ1n) is 9.73. The third kappa shape index (κ3) is 6.33. The minimum Gasteiger partial charge on any atom is -0.406 e. The maximum absolute atomic E-state index is 12.4. The van der Waals surface area contributed by atoms with E-state index in [1.165, 1.54) is 0 Å². The molecular formula is C21H21F3N4O4S. The van der Waals surface area contributed by atoms with E-state index in [9.17, 15) is 26.4 Å². The highest BCUT2D eigenvalue weighted by molar-refractivity contribution is 7.89. The van der Waals surface area contributed by atoms with Crippen molar-refractivity contribution < 1.29 is 31.1 Å². The molecule has 1 amide bonds. The summed E-state index contributed by atoms with van der Waals surface area (Å²) in [6, 6.07) is 13.1. The molecule has 8 nitrogen and oxygen atoms in total. The van der Waals surface area contributed by atoms with Crippen LogP contribution in [-0.2, 0) is 14.8 Å². The number of ether oxygens (including phenoxy) is 1. The maximum Gasteiger partial charge on any atom is 0.573 e. The van der Waals surface area contributed by atoms with Crippen molar-refractivity contribution in [2.24, 2.45) is 0 Å². The van der Waals surface area contributed by atoms with Crippen LogP contribution in [-0.4, -0.2) is 37.0 Å². The van der Waals surface area contributed by atoms with E-state index < -0.39 is 28.0 Å². The molecule has 0 saturated carbocycles. The van der Waals surface area contributed by atoms with Crippen LogP contribution in [0.3, 0.4) is 0 Å². The smallest absolute Gasteiger partial charge is 0.406 e. The molecular weight excluding hydrogens is 461 g/mol. The molecule has 12 heteroatoms. The third-order valence-electron chi connectivity index (χ3n) is 4.57. The fraction of sp³-hybridized carbons (Fsp3) is 0.238. The topological polar surface area (TPSA) is 102 Å². The Kier molecular flexibility index (Phi) is 7.08. The number of hydrogen-bond donors (Lipinski definition) is 2. The zero-order chi connectivity index (χ0) is 24.2. The van der Waals surface area contributed by atoms with Gasteiger partial charge in [-0.1, -0.05) is 18.2 Å². The molecule has 2 N–H and O–H groups in total. The van der Waals surface area contributed by atoms with E-state index in [-0.39, 0.29) is 17.9 Å². The average molecular weight is 482 g/mol. The van der Waals surface area contributed by atoms with Crippen molar-refractivity contribution in [1.82, 2.24) is 14.5 Å². The van der Waals surface area contributed by atoms with Crippen molar-refractivity contribution in [2.75, 3.05) is 11.9 Å². The fourth-order valence-electron chi connectivity index (χ4n) is 3.05. The second kappa shape index (κ2) is 9.63. The Labute approximate surface area is 188 Å². The van der Waals surface area contributed by atoms with Crippen LogP contribution in [0.2, 0.25) is 0 Å². The predicted octanol–water partition coefficient (Wildman–Crippen LogP) is 3.69. The number of aromatic nitrogens is 2. The van der Waals surface area contributed by atoms with Gasteiger partial charge in [0.1, 0.15) is 5.75 Å². The van der Waals surface area contributed by atoms with Crippen LogP contribution in [0.1, 0.15) is 17.8 Å². The highest BCUT2D eigenvalue weighted by atomic mass is 32.2. The van der Waals surface area contributed by atoms with Crippen LogP contribution in [0, 0.1) is 13.8 Å². The fourth-order valence-corrected chi connectivity index (χ4v) is 4.08. The first kappa shape index (κ1) is 24.3. The molecule has 176 valence electrons. The molecule has 0 bridgehead atoms. The van der Waals surface area contributed by atoms with Gasteiger partial charge in [-0.15, -0.1) is 13.2 Å². The standard InChI is InChI=1S/C21H21F3N4O4S/c1-14-20(15(2)28(27-14)16-6-4-3-5-7-16)26-19(29)12-13-25-33(30,31)18-10-8-17(9-11-18)32-21(22,23)24/h3-11,25H,12-13H2,1-2H3,(H,26,29). The summed E-state index contributed by atoms with van der Waals surface area (Å²) in [5.41, 5.74) is 2.69. The summed E-state index contributed by atoms with van der Waals surface area (Å²) in [5.74, 6) is -0.965. The van der Waals surface area contributed by atoms with Gasteiger partial charge in [-0.05, 0) is 50.2 Å². The summed E-state index contributed by atoms with van der Waals surface area (Å²) in [6.07, 6.45) is -5.04. The van der Waals surface area contributed by atoms with Gasteiger partial charge in [0, 0.05) is 13.0 Å². The van der Waals surface area contributed by atoms with Crippen LogP contribution in [0.25, 0.3) is 5.69 Å². The van der Waals surface area contributed by atoms with E-state index in [2.05, 4.69) is 19.9 Å². The highest BCUT2D eigenvalue weighted by Crippen LogP contribution is 2.24. The van der Waals surface area contributed by atoms with E-state index in [4.69, 9.17) is 0 Å². The summed E-state index contributed by atoms with van der Waals surface area (Å²) < 4.78 is 68.9. The van der Waals surface area contributed by atoms with E-state index in [0.717, 1.165) is 30.0 Å². The lowest BCUT2D eigenvalue weighted by Gasteiger charge is -2.10. The predicted molar refractivity (Wildman–Crippen MR) is 115 cm³/mol. The molecule has 0 aliphatic rings. The Balaban J connectivity index is 1.58. The molecule has 1 heterocycles. The van der Waals surface area contributed by atoms with Crippen LogP contribution < -0.4 is 14.8 Å². The van der Waals surface area contributed by atoms with Gasteiger partial charge in [-0.3, -0.25) is 4.79 Å². The first-order valence-corrected chi connectivity index (χ1v) is 11.2. The number of benzene rings is 2. The molecule has 0 fully saturated rings. The van der Waals surface area contributed by atoms with Crippen molar-refractivity contribution in [3.05, 3.63) is 66.0 Å². The highest BCUT2D eigenvalue weighted by Gasteiger charge is 2.31. The number of nitrogens with zero attached hydrogens (tertiary/aromatic N) is 2. The number of sulfonamides is 1. The number of halogens is 3. The van der Waals surface area contributed by atoms with Gasteiger partial charge in [0.15, 0.2) is 0 Å². The van der Waals surface area contributed by atoms with Crippen LogP contribution in [0.4, 0.5) is 18.9 Å². The van der Waals surface area contributed by atoms with Crippen molar-refractivity contribution >= 4 is 21.6 Å². The minimum atomic E-state index is -4.87. The number of rotatable bonds is 8. The summed E-state index contributed by atoms with van der Waals surface area (Å²) in [4.78, 5) is 12.1. The molecule has 0 aliphatic heterocycles. The first-order chi connectivity index (χ1) is 15.5. The van der Waals surface area contributed by atoms with Crippen molar-refractivity contribution in [3.8, 4) is 11.4 Å². The molecule has 0 atom stereocenters. The Morgan fingerprint density at radius 2 is 1.70 bits per heavy atom. The lowest BCUT2D eigenvalue weighted by Crippen LogP contribution is -2.28. The zero-order valence-electron chi connectivity index (χ0n) is 17.7. The maximum atomic E-state index is 12.4. The van der Waals surface area contributed by atoms with Gasteiger partial charge < -0.3 is 10.1 Å². The van der Waals surface area contributed by atoms with E-state index in [1.807, 2.05) is 30.3 Å². The number of carbonyl (C=O) groups is 1. The number of hydrogen-bond acceptors (Lipinski definition) is 5. The van der Waals surface area contributed by atoms with Gasteiger partial charge in [0.2, 0.25) is 15.9 Å². The molecule has 0 spiro atoms. The number of anilines is 1. The Hall–Kier alpha value is -3.38. The normalized spacial score (nSPS) is 11.9. The Morgan fingerprint density at radius 1 is 1.06 bits per heavy atom. The molecule has 3 aromatic rings. The third-order valence-corrected chi connectivity index (χ3v) is 6.05. The zero-order valence-corrected chi connectivity index (χ0v) is 18.5. The SMILES string of the molecule is Cc1nn(-c2ccccc2)c(C)c1NC(=O)CCNS(=O)(=O)c1ccc(OC(F)(F)F)cc1. The van der Waals surface area contributed by atoms with E-state index >= 15 is 0 Å². The second-order valence-corrected chi connectivity index (χ2v) is 8.78. The van der Waals surface area contributed by atoms with Crippen molar-refractivity contribution in [1.29, 1.82) is 0 Å². The minimum absolute atomic E-state index is 0.163. The number of amides is 1. The molecule has 0 radical (unpaired) electrons. The number of carbonyl (C=O) groups excluding carboxylic acids is 1.